The largest absolute Gasteiger partial charge is 0.352 e. The van der Waals surface area contributed by atoms with Crippen LogP contribution in [0.2, 0.25) is 0 Å². The Morgan fingerprint density at radius 3 is 2.82 bits per heavy atom. The van der Waals surface area contributed by atoms with E-state index in [0.717, 1.165) is 29.0 Å². The van der Waals surface area contributed by atoms with E-state index in [2.05, 4.69) is 39.8 Å². The Morgan fingerprint density at radius 1 is 1.05 bits per heavy atom. The van der Waals surface area contributed by atoms with Crippen molar-refractivity contribution in [2.75, 3.05) is 17.2 Å². The Bertz CT molecular complexity index is 629. The van der Waals surface area contributed by atoms with Gasteiger partial charge in [-0.25, -0.2) is 9.97 Å². The monoisotopic (exact) mass is 311 g/mol. The normalized spacial score (nSPS) is 24.8. The minimum absolute atomic E-state index is 0.658. The number of anilines is 1. The van der Waals surface area contributed by atoms with Crippen LogP contribution in [0, 0.1) is 0 Å². The highest BCUT2D eigenvalue weighted by atomic mass is 32.2. The second-order valence-electron chi connectivity index (χ2n) is 6.06. The molecule has 2 fully saturated rings. The molecule has 1 saturated heterocycles. The Labute approximate surface area is 136 Å². The third kappa shape index (κ3) is 2.72. The maximum absolute atomic E-state index is 4.86. The van der Waals surface area contributed by atoms with E-state index in [1.165, 1.54) is 31.4 Å². The van der Waals surface area contributed by atoms with Gasteiger partial charge in [0, 0.05) is 35.3 Å². The second kappa shape index (κ2) is 6.29. The van der Waals surface area contributed by atoms with Crippen LogP contribution in [0.25, 0.3) is 11.4 Å². The molecule has 2 aromatic rings. The van der Waals surface area contributed by atoms with Gasteiger partial charge < -0.3 is 4.90 Å². The molecule has 0 bridgehead atoms. The van der Waals surface area contributed by atoms with Gasteiger partial charge in [-0.15, -0.1) is 0 Å². The average Bonchev–Trinajstić information content (AvgIpc) is 2.62. The first kappa shape index (κ1) is 14.1. The van der Waals surface area contributed by atoms with Crippen molar-refractivity contribution in [1.82, 2.24) is 9.97 Å². The molecule has 2 heterocycles. The van der Waals surface area contributed by atoms with Gasteiger partial charge >= 0.3 is 0 Å². The molecule has 0 spiro atoms. The minimum Gasteiger partial charge on any atom is -0.352 e. The molecule has 22 heavy (non-hydrogen) atoms. The molecule has 114 valence electrons. The van der Waals surface area contributed by atoms with Gasteiger partial charge in [0.25, 0.3) is 0 Å². The molecule has 1 aliphatic carbocycles. The minimum atomic E-state index is 0.658. The highest BCUT2D eigenvalue weighted by molar-refractivity contribution is 8.00. The number of hydrogen-bond acceptors (Lipinski definition) is 4. The molecule has 1 saturated carbocycles. The summed E-state index contributed by atoms with van der Waals surface area (Å²) in [6.07, 6.45) is 7.32. The molecule has 1 aromatic heterocycles. The van der Waals surface area contributed by atoms with E-state index in [1.54, 1.807) is 0 Å². The van der Waals surface area contributed by atoms with Crippen LogP contribution in [0.4, 0.5) is 5.82 Å². The van der Waals surface area contributed by atoms with Crippen LogP contribution in [0.15, 0.2) is 42.6 Å². The predicted molar refractivity (Wildman–Crippen MR) is 93.3 cm³/mol. The summed E-state index contributed by atoms with van der Waals surface area (Å²) in [4.78, 5) is 11.9. The second-order valence-corrected chi connectivity index (χ2v) is 7.41. The zero-order valence-electron chi connectivity index (χ0n) is 12.7. The van der Waals surface area contributed by atoms with Gasteiger partial charge in [0.05, 0.1) is 0 Å². The van der Waals surface area contributed by atoms with E-state index in [1.807, 2.05) is 24.4 Å². The summed E-state index contributed by atoms with van der Waals surface area (Å²) in [6.45, 7) is 1.11. The Balaban J connectivity index is 1.64. The van der Waals surface area contributed by atoms with Gasteiger partial charge in [-0.05, 0) is 18.9 Å². The molecule has 2 aliphatic rings. The van der Waals surface area contributed by atoms with Crippen LogP contribution in [0.5, 0.6) is 0 Å². The fraction of sp³-hybridized carbons (Fsp3) is 0.444. The molecule has 4 heteroatoms. The predicted octanol–water partition coefficient (Wildman–Crippen LogP) is 4.01. The first-order valence-corrected chi connectivity index (χ1v) is 9.23. The summed E-state index contributed by atoms with van der Waals surface area (Å²) in [6, 6.07) is 13.0. The van der Waals surface area contributed by atoms with Crippen molar-refractivity contribution >= 4 is 17.6 Å². The quantitative estimate of drug-likeness (QED) is 0.838. The average molecular weight is 311 g/mol. The van der Waals surface area contributed by atoms with E-state index in [4.69, 9.17) is 4.98 Å². The molecule has 0 amide bonds. The van der Waals surface area contributed by atoms with Crippen molar-refractivity contribution in [2.45, 2.75) is 37.0 Å². The number of hydrogen-bond donors (Lipinski definition) is 0. The summed E-state index contributed by atoms with van der Waals surface area (Å²) in [7, 11) is 0. The molecule has 2 atom stereocenters. The molecule has 1 aromatic carbocycles. The lowest BCUT2D eigenvalue weighted by molar-refractivity contribution is 0.420. The lowest BCUT2D eigenvalue weighted by Gasteiger charge is -2.44. The summed E-state index contributed by atoms with van der Waals surface area (Å²) in [5.74, 6) is 3.15. The van der Waals surface area contributed by atoms with E-state index >= 15 is 0 Å². The number of aromatic nitrogens is 2. The van der Waals surface area contributed by atoms with Gasteiger partial charge in [-0.2, -0.15) is 11.8 Å². The van der Waals surface area contributed by atoms with Crippen LogP contribution in [0.1, 0.15) is 25.7 Å². The van der Waals surface area contributed by atoms with Crippen molar-refractivity contribution in [1.29, 1.82) is 0 Å². The third-order valence-electron chi connectivity index (χ3n) is 4.70. The van der Waals surface area contributed by atoms with Crippen LogP contribution in [0.3, 0.4) is 0 Å². The maximum atomic E-state index is 4.86. The van der Waals surface area contributed by atoms with E-state index in [9.17, 15) is 0 Å². The maximum Gasteiger partial charge on any atom is 0.161 e. The van der Waals surface area contributed by atoms with Crippen LogP contribution in [-0.2, 0) is 0 Å². The van der Waals surface area contributed by atoms with Crippen molar-refractivity contribution < 1.29 is 0 Å². The fourth-order valence-electron chi connectivity index (χ4n) is 3.62. The van der Waals surface area contributed by atoms with Gasteiger partial charge in [0.2, 0.25) is 0 Å². The Kier molecular flexibility index (Phi) is 4.02. The van der Waals surface area contributed by atoms with Gasteiger partial charge in [-0.3, -0.25) is 0 Å². The van der Waals surface area contributed by atoms with Crippen LogP contribution < -0.4 is 4.90 Å². The molecule has 1 aliphatic heterocycles. The number of rotatable bonds is 2. The van der Waals surface area contributed by atoms with E-state index in [-0.39, 0.29) is 0 Å². The molecule has 0 radical (unpaired) electrons. The molecule has 0 N–H and O–H groups in total. The number of benzene rings is 1. The van der Waals surface area contributed by atoms with E-state index < -0.39 is 0 Å². The van der Waals surface area contributed by atoms with Crippen LogP contribution in [-0.4, -0.2) is 33.6 Å². The lowest BCUT2D eigenvalue weighted by Crippen LogP contribution is -2.49. The molecular weight excluding hydrogens is 290 g/mol. The first-order valence-electron chi connectivity index (χ1n) is 8.18. The lowest BCUT2D eigenvalue weighted by atomic mass is 9.93. The van der Waals surface area contributed by atoms with Crippen molar-refractivity contribution in [2.24, 2.45) is 0 Å². The van der Waals surface area contributed by atoms with Gasteiger partial charge in [0.1, 0.15) is 5.82 Å². The summed E-state index contributed by atoms with van der Waals surface area (Å²) < 4.78 is 0. The Hall–Kier alpha value is -1.55. The third-order valence-corrected chi connectivity index (χ3v) is 6.10. The molecular formula is C18H21N3S. The van der Waals surface area contributed by atoms with Crippen molar-refractivity contribution in [3.63, 3.8) is 0 Å². The SMILES string of the molecule is c1ccc(-c2nccc(N3CCS[C@@H]4CCCC[C@@H]43)n2)cc1. The molecule has 3 nitrogen and oxygen atoms in total. The van der Waals surface area contributed by atoms with Crippen molar-refractivity contribution in [3.8, 4) is 11.4 Å². The number of fused-ring (bicyclic) bond motifs is 1. The zero-order chi connectivity index (χ0) is 14.8. The fourth-order valence-corrected chi connectivity index (χ4v) is 5.06. The highest BCUT2D eigenvalue weighted by Gasteiger charge is 2.34. The molecule has 4 rings (SSSR count). The Morgan fingerprint density at radius 2 is 1.91 bits per heavy atom. The van der Waals surface area contributed by atoms with Crippen molar-refractivity contribution in [3.05, 3.63) is 42.6 Å². The topological polar surface area (TPSA) is 29.0 Å². The number of nitrogens with zero attached hydrogens (tertiary/aromatic N) is 3. The van der Waals surface area contributed by atoms with Crippen LogP contribution >= 0.6 is 11.8 Å². The summed E-state index contributed by atoms with van der Waals surface area (Å²) >= 11 is 2.16. The molecule has 0 unspecified atom stereocenters. The van der Waals surface area contributed by atoms with Gasteiger partial charge in [0.15, 0.2) is 5.82 Å². The van der Waals surface area contributed by atoms with Gasteiger partial charge in [-0.1, -0.05) is 43.2 Å². The smallest absolute Gasteiger partial charge is 0.161 e. The standard InChI is InChI=1S/C18H21N3S/c1-2-6-14(7-3-1)18-19-11-10-17(20-18)21-12-13-22-16-9-5-4-8-15(16)21/h1-3,6-7,10-11,15-16H,4-5,8-9,12-13H2/t15-,16+/m0/s1. The number of thioether (sulfide) groups is 1. The zero-order valence-corrected chi connectivity index (χ0v) is 13.5. The summed E-state index contributed by atoms with van der Waals surface area (Å²) in [5.41, 5.74) is 1.09. The van der Waals surface area contributed by atoms with E-state index in [0.29, 0.717) is 6.04 Å². The summed E-state index contributed by atoms with van der Waals surface area (Å²) in [5, 5.41) is 0.789. The first-order chi connectivity index (χ1) is 10.9. The highest BCUT2D eigenvalue weighted by Crippen LogP contribution is 2.37.